The van der Waals surface area contributed by atoms with Crippen molar-refractivity contribution in [3.8, 4) is 0 Å². The summed E-state index contributed by atoms with van der Waals surface area (Å²) in [7, 11) is 1.68. The fourth-order valence-corrected chi connectivity index (χ4v) is 9.44. The minimum Gasteiger partial charge on any atom is -0.444 e. The summed E-state index contributed by atoms with van der Waals surface area (Å²) in [6.45, 7) is 9.54. The van der Waals surface area contributed by atoms with Gasteiger partial charge in [0.15, 0.2) is 5.82 Å². The lowest BCUT2D eigenvalue weighted by Gasteiger charge is -2.34. The van der Waals surface area contributed by atoms with Crippen LogP contribution in [0.1, 0.15) is 90.8 Å². The van der Waals surface area contributed by atoms with Crippen molar-refractivity contribution >= 4 is 40.7 Å². The SMILES string of the molecule is CC(C)c1nc(CN(C)C(=O)N[C@H](C(=O)N[C@@H](Cc2ccccc2)C[C@H](O)[C@H](Cc2ccccc2)NC(=O)OCc2cncs2)C(C)C)cs1.C[C@@H](c1ncncc1F)[C@](O)(Cn1cncn1)c1ccc(F)cc1F. The molecule has 3 aromatic carbocycles. The van der Waals surface area contributed by atoms with Crippen LogP contribution in [0.25, 0.3) is 0 Å². The molecule has 4 amide bonds. The van der Waals surface area contributed by atoms with Gasteiger partial charge in [0, 0.05) is 48.1 Å². The van der Waals surface area contributed by atoms with E-state index in [0.29, 0.717) is 31.4 Å². The van der Waals surface area contributed by atoms with Crippen LogP contribution < -0.4 is 16.0 Å². The number of thiazole rings is 2. The molecule has 0 spiro atoms. The summed E-state index contributed by atoms with van der Waals surface area (Å²) in [4.78, 5) is 62.2. The summed E-state index contributed by atoms with van der Waals surface area (Å²) >= 11 is 2.95. The fraction of sp³-hybridized carbons (Fsp3) is 0.377. The number of hydrogen-bond acceptors (Lipinski definition) is 14. The minimum atomic E-state index is -1.96. The van der Waals surface area contributed by atoms with Gasteiger partial charge in [-0.1, -0.05) is 101 Å². The molecule has 0 unspecified atom stereocenters. The van der Waals surface area contributed by atoms with Gasteiger partial charge in [-0.25, -0.2) is 47.4 Å². The van der Waals surface area contributed by atoms with Gasteiger partial charge >= 0.3 is 12.1 Å². The van der Waals surface area contributed by atoms with Gasteiger partial charge in [0.25, 0.3) is 0 Å². The Morgan fingerprint density at radius 3 is 2.15 bits per heavy atom. The number of nitrogens with one attached hydrogen (secondary N) is 3. The van der Waals surface area contributed by atoms with E-state index >= 15 is 0 Å². The van der Waals surface area contributed by atoms with Gasteiger partial charge < -0.3 is 35.8 Å². The van der Waals surface area contributed by atoms with Gasteiger partial charge in [-0.3, -0.25) is 9.78 Å². The highest BCUT2D eigenvalue weighted by molar-refractivity contribution is 7.09. The van der Waals surface area contributed by atoms with Crippen molar-refractivity contribution in [2.45, 2.75) is 115 Å². The number of rotatable bonds is 22. The fourth-order valence-electron chi connectivity index (χ4n) is 8.11. The van der Waals surface area contributed by atoms with Crippen LogP contribution in [0.2, 0.25) is 0 Å². The zero-order valence-corrected chi connectivity index (χ0v) is 44.0. The van der Waals surface area contributed by atoms with Crippen molar-refractivity contribution < 1.29 is 42.5 Å². The van der Waals surface area contributed by atoms with Crippen molar-refractivity contribution in [2.75, 3.05) is 7.05 Å². The standard InChI is InChI=1S/C37H48N6O5S2.C16H14F3N5O/c1-24(2)33(42-36(46)43(5)20-29-22-49-35(40-29)25(3)4)34(45)39-28(16-26-12-8-6-9-13-26)18-32(44)31(17-27-14-10-7-11-15-27)41-37(47)48-21-30-19-38-23-50-30;1-10(15-14(19)5-20-7-22-15)16(25,6-24-9-21-8-23-24)12-3-2-11(17)4-13(12)18/h6-15,19,22-25,28,31-33,44H,16-18,20-21H2,1-5H3,(H,39,45)(H,41,47)(H,42,46);2-5,7-10,25H,6H2,1H3/t28-,31-,32-,33-;10-,16+/m00/s1. The van der Waals surface area contributed by atoms with Crippen molar-refractivity contribution in [1.29, 1.82) is 0 Å². The molecule has 0 aliphatic heterocycles. The van der Waals surface area contributed by atoms with Crippen LogP contribution in [0.4, 0.5) is 22.8 Å². The highest BCUT2D eigenvalue weighted by atomic mass is 32.1. The van der Waals surface area contributed by atoms with E-state index in [-0.39, 0.29) is 48.7 Å². The molecule has 0 aliphatic carbocycles. The predicted molar refractivity (Wildman–Crippen MR) is 278 cm³/mol. The van der Waals surface area contributed by atoms with Crippen LogP contribution in [-0.4, -0.2) is 99.1 Å². The Hall–Kier alpha value is -7.14. The molecule has 0 bridgehead atoms. The minimum absolute atomic E-state index is 0.0671. The molecule has 0 fully saturated rings. The number of hydrogen-bond donors (Lipinski definition) is 5. The summed E-state index contributed by atoms with van der Waals surface area (Å²) < 4.78 is 48.5. The van der Waals surface area contributed by atoms with E-state index < -0.39 is 59.3 Å². The van der Waals surface area contributed by atoms with E-state index in [1.54, 1.807) is 30.1 Å². The van der Waals surface area contributed by atoms with Crippen molar-refractivity contribution in [2.24, 2.45) is 5.92 Å². The van der Waals surface area contributed by atoms with Crippen LogP contribution in [0.3, 0.4) is 0 Å². The zero-order valence-electron chi connectivity index (χ0n) is 42.4. The Balaban J connectivity index is 0.000000304. The molecule has 4 aromatic heterocycles. The normalized spacial score (nSPS) is 14.1. The van der Waals surface area contributed by atoms with Gasteiger partial charge in [0.2, 0.25) is 5.91 Å². The second-order valence-electron chi connectivity index (χ2n) is 18.7. The maximum atomic E-state index is 14.4. The molecular weight excluding hydrogens is 1010 g/mol. The van der Waals surface area contributed by atoms with Crippen LogP contribution in [-0.2, 0) is 47.7 Å². The first kappa shape index (κ1) is 57.1. The summed E-state index contributed by atoms with van der Waals surface area (Å²) in [5.41, 5.74) is 2.10. The summed E-state index contributed by atoms with van der Waals surface area (Å²) in [6, 6.07) is 19.6. The molecule has 0 saturated heterocycles. The van der Waals surface area contributed by atoms with E-state index in [9.17, 15) is 37.8 Å². The number of carbonyl (C=O) groups is 3. The molecular formula is C53H62F3N11O6S2. The number of aliphatic hydroxyl groups excluding tert-OH is 1. The molecule has 5 N–H and O–H groups in total. The van der Waals surface area contributed by atoms with Gasteiger partial charge in [-0.2, -0.15) is 5.10 Å². The molecule has 75 heavy (non-hydrogen) atoms. The highest BCUT2D eigenvalue weighted by Gasteiger charge is 2.42. The lowest BCUT2D eigenvalue weighted by molar-refractivity contribution is -0.124. The third kappa shape index (κ3) is 16.7. The van der Waals surface area contributed by atoms with Crippen molar-refractivity contribution in [3.63, 3.8) is 0 Å². The van der Waals surface area contributed by atoms with Crippen molar-refractivity contribution in [1.82, 2.24) is 55.6 Å². The van der Waals surface area contributed by atoms with E-state index in [0.717, 1.165) is 51.4 Å². The average molecular weight is 1070 g/mol. The second kappa shape index (κ2) is 27.4. The summed E-state index contributed by atoms with van der Waals surface area (Å²) in [5.74, 6) is -3.75. The van der Waals surface area contributed by atoms with E-state index in [4.69, 9.17) is 4.74 Å². The van der Waals surface area contributed by atoms with E-state index in [1.165, 1.54) is 40.5 Å². The predicted octanol–water partition coefficient (Wildman–Crippen LogP) is 8.08. The van der Waals surface area contributed by atoms with Gasteiger partial charge in [-0.15, -0.1) is 22.7 Å². The Kier molecular flexibility index (Phi) is 20.9. The number of ether oxygens (including phenoxy) is 1. The molecule has 7 aromatic rings. The number of aromatic nitrogens is 7. The van der Waals surface area contributed by atoms with Crippen molar-refractivity contribution in [3.05, 3.63) is 177 Å². The molecule has 0 aliphatic rings. The third-order valence-corrected chi connectivity index (χ3v) is 14.2. The highest BCUT2D eigenvalue weighted by Crippen LogP contribution is 2.39. The molecule has 17 nitrogen and oxygen atoms in total. The molecule has 22 heteroatoms. The molecule has 4 heterocycles. The van der Waals surface area contributed by atoms with Crippen LogP contribution in [0.5, 0.6) is 0 Å². The monoisotopic (exact) mass is 1070 g/mol. The number of aliphatic hydroxyl groups is 2. The summed E-state index contributed by atoms with van der Waals surface area (Å²) in [5, 5.41) is 38.7. The maximum Gasteiger partial charge on any atom is 0.407 e. The van der Waals surface area contributed by atoms with Crippen LogP contribution in [0, 0.1) is 23.4 Å². The van der Waals surface area contributed by atoms with E-state index in [2.05, 4.69) is 59.8 Å². The number of halogens is 3. The Morgan fingerprint density at radius 1 is 0.840 bits per heavy atom. The topological polar surface area (TPSA) is 222 Å². The number of nitrogens with zero attached hydrogens (tertiary/aromatic N) is 8. The van der Waals surface area contributed by atoms with Crippen LogP contribution in [0.15, 0.2) is 121 Å². The zero-order chi connectivity index (χ0) is 54.1. The smallest absolute Gasteiger partial charge is 0.407 e. The molecule has 0 radical (unpaired) electrons. The largest absolute Gasteiger partial charge is 0.444 e. The van der Waals surface area contributed by atoms with Gasteiger partial charge in [0.1, 0.15) is 48.9 Å². The van der Waals surface area contributed by atoms with Crippen LogP contribution >= 0.6 is 22.7 Å². The Labute approximate surface area is 441 Å². The lowest BCUT2D eigenvalue weighted by atomic mass is 9.79. The average Bonchev–Trinajstić information content (AvgIpc) is 4.21. The molecule has 7 rings (SSSR count). The molecule has 0 saturated carbocycles. The van der Waals surface area contributed by atoms with Gasteiger partial charge in [-0.05, 0) is 42.4 Å². The first-order chi connectivity index (χ1) is 35.9. The second-order valence-corrected chi connectivity index (χ2v) is 20.5. The maximum absolute atomic E-state index is 14.4. The number of amides is 4. The number of benzene rings is 3. The molecule has 6 atom stereocenters. The first-order valence-corrected chi connectivity index (χ1v) is 25.9. The number of alkyl carbamates (subject to hydrolysis) is 1. The quantitative estimate of drug-likeness (QED) is 0.0435. The lowest BCUT2D eigenvalue weighted by Crippen LogP contribution is -2.55. The Bertz CT molecular complexity index is 2870. The summed E-state index contributed by atoms with van der Waals surface area (Å²) in [6.07, 6.45) is 5.50. The van der Waals surface area contributed by atoms with E-state index in [1.807, 2.05) is 79.9 Å². The number of urea groups is 1. The number of carbonyl (C=O) groups excluding carboxylic acids is 3. The first-order valence-electron chi connectivity index (χ1n) is 24.2. The molecule has 398 valence electrons. The Morgan fingerprint density at radius 2 is 1.55 bits per heavy atom. The third-order valence-electron chi connectivity index (χ3n) is 12.2. The van der Waals surface area contributed by atoms with Gasteiger partial charge in [0.05, 0.1) is 58.2 Å².